The molecule has 0 saturated carbocycles. The molecule has 0 aliphatic carbocycles. The second-order valence-corrected chi connectivity index (χ2v) is 11.4. The lowest BCUT2D eigenvalue weighted by Gasteiger charge is -2.18. The van der Waals surface area contributed by atoms with Crippen LogP contribution in [0.15, 0.2) is 53.8 Å². The first kappa shape index (κ1) is 25.1. The normalized spacial score (nSPS) is 16.3. The Labute approximate surface area is 225 Å². The van der Waals surface area contributed by atoms with Crippen LogP contribution in [0.25, 0.3) is 33.3 Å². The van der Waals surface area contributed by atoms with Crippen LogP contribution >= 0.6 is 0 Å². The highest BCUT2D eigenvalue weighted by Gasteiger charge is 2.36. The number of aryl methyl sites for hydroxylation is 2. The summed E-state index contributed by atoms with van der Waals surface area (Å²) in [4.78, 5) is 25.5. The number of aldehydes is 1. The maximum atomic E-state index is 13.6. The van der Waals surface area contributed by atoms with Gasteiger partial charge in [-0.2, -0.15) is 14.4 Å². The van der Waals surface area contributed by atoms with E-state index in [1.54, 1.807) is 24.4 Å². The maximum Gasteiger partial charge on any atom is 0.245 e. The highest BCUT2D eigenvalue weighted by molar-refractivity contribution is 7.89. The van der Waals surface area contributed by atoms with E-state index in [9.17, 15) is 13.2 Å². The van der Waals surface area contributed by atoms with Gasteiger partial charge in [-0.05, 0) is 37.1 Å². The van der Waals surface area contributed by atoms with E-state index in [2.05, 4.69) is 15.1 Å². The van der Waals surface area contributed by atoms with Gasteiger partial charge in [0.05, 0.1) is 23.2 Å². The summed E-state index contributed by atoms with van der Waals surface area (Å²) in [6.45, 7) is 5.16. The molecule has 0 spiro atoms. The number of aromatic nitrogens is 6. The summed E-state index contributed by atoms with van der Waals surface area (Å²) in [5.74, 6) is 0.992. The zero-order valence-corrected chi connectivity index (χ0v) is 22.6. The zero-order valence-electron chi connectivity index (χ0n) is 21.8. The lowest BCUT2D eigenvalue weighted by atomic mass is 10.1. The summed E-state index contributed by atoms with van der Waals surface area (Å²) in [6.07, 6.45) is 3.85. The van der Waals surface area contributed by atoms with E-state index < -0.39 is 16.1 Å². The van der Waals surface area contributed by atoms with Crippen LogP contribution in [-0.4, -0.2) is 67.5 Å². The number of fused-ring (bicyclic) bond motifs is 2. The van der Waals surface area contributed by atoms with Crippen molar-refractivity contribution in [2.24, 2.45) is 7.05 Å². The zero-order chi connectivity index (χ0) is 27.3. The van der Waals surface area contributed by atoms with Crippen molar-refractivity contribution in [3.63, 3.8) is 0 Å². The van der Waals surface area contributed by atoms with Gasteiger partial charge < -0.3 is 9.30 Å². The molecule has 0 N–H and O–H groups in total. The second kappa shape index (κ2) is 9.54. The number of sulfonamides is 1. The molecule has 200 valence electrons. The summed E-state index contributed by atoms with van der Waals surface area (Å²) in [5, 5.41) is 5.84. The lowest BCUT2D eigenvalue weighted by molar-refractivity contribution is 0.112. The monoisotopic (exact) mass is 545 g/mol. The van der Waals surface area contributed by atoms with E-state index in [-0.39, 0.29) is 23.5 Å². The fourth-order valence-electron chi connectivity index (χ4n) is 5.22. The minimum absolute atomic E-state index is 0.00126. The largest absolute Gasteiger partial charge is 0.471 e. The van der Waals surface area contributed by atoms with E-state index >= 15 is 0 Å². The number of carbonyl (C=O) groups excluding carboxylic acids is 1. The topological polar surface area (TPSA) is 125 Å². The van der Waals surface area contributed by atoms with E-state index in [1.807, 2.05) is 42.3 Å². The Kier molecular flexibility index (Phi) is 6.15. The number of benzene rings is 2. The Morgan fingerprint density at radius 3 is 2.74 bits per heavy atom. The Morgan fingerprint density at radius 2 is 1.97 bits per heavy atom. The van der Waals surface area contributed by atoms with Gasteiger partial charge in [-0.1, -0.05) is 30.3 Å². The van der Waals surface area contributed by atoms with Gasteiger partial charge in [0.1, 0.15) is 18.3 Å². The van der Waals surface area contributed by atoms with Gasteiger partial charge in [0.25, 0.3) is 0 Å². The van der Waals surface area contributed by atoms with Crippen LogP contribution in [0.5, 0.6) is 5.88 Å². The third-order valence-electron chi connectivity index (χ3n) is 7.32. The standard InChI is InChI=1S/C27H27N7O4S/c1-4-34-17(2)21(13-30-34)25-31-24-26(32(25)3)28-16-29-27(24)38-19-11-12-33(14-19)39(36,37)23-10-9-18-7-5-6-8-20(18)22(23)15-35/h5-10,13,15-16,19H,4,11-12,14H2,1-3H3. The smallest absolute Gasteiger partial charge is 0.245 e. The molecule has 0 bridgehead atoms. The van der Waals surface area contributed by atoms with Crippen LogP contribution in [0.4, 0.5) is 0 Å². The van der Waals surface area contributed by atoms with Crippen molar-refractivity contribution in [2.45, 2.75) is 37.8 Å². The SMILES string of the molecule is CCn1ncc(-c2nc3c(OC4CCN(S(=O)(=O)c5ccc6ccccc6c5C=O)C4)ncnc3n2C)c1C. The quantitative estimate of drug-likeness (QED) is 0.285. The highest BCUT2D eigenvalue weighted by Crippen LogP contribution is 2.32. The van der Waals surface area contributed by atoms with Crippen molar-refractivity contribution in [2.75, 3.05) is 13.1 Å². The van der Waals surface area contributed by atoms with Crippen LogP contribution in [-0.2, 0) is 23.6 Å². The van der Waals surface area contributed by atoms with Gasteiger partial charge in [-0.25, -0.2) is 18.4 Å². The molecular weight excluding hydrogens is 518 g/mol. The Bertz CT molecular complexity index is 1840. The molecule has 0 amide bonds. The molecule has 4 heterocycles. The first-order chi connectivity index (χ1) is 18.8. The molecular formula is C27H27N7O4S. The summed E-state index contributed by atoms with van der Waals surface area (Å²) >= 11 is 0. The van der Waals surface area contributed by atoms with E-state index in [0.29, 0.717) is 41.0 Å². The number of rotatable bonds is 7. The maximum absolute atomic E-state index is 13.6. The number of imidazole rings is 1. The third-order valence-corrected chi connectivity index (χ3v) is 9.24. The molecule has 1 aliphatic heterocycles. The molecule has 0 radical (unpaired) electrons. The molecule has 12 heteroatoms. The van der Waals surface area contributed by atoms with Gasteiger partial charge in [-0.15, -0.1) is 0 Å². The van der Waals surface area contributed by atoms with Crippen LogP contribution < -0.4 is 4.74 Å². The predicted molar refractivity (Wildman–Crippen MR) is 145 cm³/mol. The summed E-state index contributed by atoms with van der Waals surface area (Å²) in [6, 6.07) is 10.5. The molecule has 11 nitrogen and oxygen atoms in total. The molecule has 3 aromatic heterocycles. The highest BCUT2D eigenvalue weighted by atomic mass is 32.2. The van der Waals surface area contributed by atoms with Crippen molar-refractivity contribution in [1.29, 1.82) is 0 Å². The molecule has 1 unspecified atom stereocenters. The first-order valence-corrected chi connectivity index (χ1v) is 14.1. The molecule has 6 rings (SSSR count). The van der Waals surface area contributed by atoms with Gasteiger partial charge in [0.15, 0.2) is 17.5 Å². The lowest BCUT2D eigenvalue weighted by Crippen LogP contribution is -2.31. The number of hydrogen-bond acceptors (Lipinski definition) is 8. The molecule has 1 aliphatic rings. The van der Waals surface area contributed by atoms with Crippen LogP contribution in [0.2, 0.25) is 0 Å². The van der Waals surface area contributed by atoms with Gasteiger partial charge in [0.2, 0.25) is 15.9 Å². The van der Waals surface area contributed by atoms with E-state index in [1.165, 1.54) is 16.7 Å². The van der Waals surface area contributed by atoms with Crippen molar-refractivity contribution < 1.29 is 17.9 Å². The van der Waals surface area contributed by atoms with Crippen LogP contribution in [0.3, 0.4) is 0 Å². The molecule has 1 fully saturated rings. The number of nitrogens with zero attached hydrogens (tertiary/aromatic N) is 7. The van der Waals surface area contributed by atoms with Gasteiger partial charge in [0, 0.05) is 31.4 Å². The molecule has 1 saturated heterocycles. The number of hydrogen-bond donors (Lipinski definition) is 0. The second-order valence-electron chi connectivity index (χ2n) is 9.51. The third kappa shape index (κ3) is 4.07. The Balaban J connectivity index is 1.28. The van der Waals surface area contributed by atoms with Crippen molar-refractivity contribution in [3.8, 4) is 17.3 Å². The Hall–Kier alpha value is -4.16. The summed E-state index contributed by atoms with van der Waals surface area (Å²) in [7, 11) is -2.05. The minimum Gasteiger partial charge on any atom is -0.471 e. The minimum atomic E-state index is -3.92. The fraction of sp³-hybridized carbons (Fsp3) is 0.296. The number of carbonyl (C=O) groups is 1. The molecule has 39 heavy (non-hydrogen) atoms. The fourth-order valence-corrected chi connectivity index (χ4v) is 6.88. The summed E-state index contributed by atoms with van der Waals surface area (Å²) in [5.41, 5.74) is 3.15. The van der Waals surface area contributed by atoms with Gasteiger partial charge in [-0.3, -0.25) is 9.48 Å². The van der Waals surface area contributed by atoms with Crippen molar-refractivity contribution in [1.82, 2.24) is 33.6 Å². The molecule has 1 atom stereocenters. The Morgan fingerprint density at radius 1 is 1.15 bits per heavy atom. The first-order valence-electron chi connectivity index (χ1n) is 12.7. The summed E-state index contributed by atoms with van der Waals surface area (Å²) < 4.78 is 38.5. The number of ether oxygens (including phenoxy) is 1. The van der Waals surface area contributed by atoms with E-state index in [4.69, 9.17) is 9.72 Å². The van der Waals surface area contributed by atoms with Crippen LogP contribution in [0.1, 0.15) is 29.4 Å². The van der Waals surface area contributed by atoms with Crippen LogP contribution in [0, 0.1) is 6.92 Å². The molecule has 5 aromatic rings. The van der Waals surface area contributed by atoms with E-state index in [0.717, 1.165) is 23.2 Å². The van der Waals surface area contributed by atoms with Gasteiger partial charge >= 0.3 is 0 Å². The average Bonchev–Trinajstić information content (AvgIpc) is 3.66. The average molecular weight is 546 g/mol. The predicted octanol–water partition coefficient (Wildman–Crippen LogP) is 3.36. The molecule has 2 aromatic carbocycles. The van der Waals surface area contributed by atoms with Crippen molar-refractivity contribution in [3.05, 3.63) is 60.2 Å². The van der Waals surface area contributed by atoms with Crippen molar-refractivity contribution >= 4 is 38.2 Å².